The van der Waals surface area contributed by atoms with Crippen LogP contribution in [-0.4, -0.2) is 18.6 Å². The Labute approximate surface area is 131 Å². The van der Waals surface area contributed by atoms with Gasteiger partial charge in [0.1, 0.15) is 0 Å². The molecular weight excluding hydrogens is 291 g/mol. The summed E-state index contributed by atoms with van der Waals surface area (Å²) in [6.07, 6.45) is 7.89. The molecule has 2 fully saturated rings. The highest BCUT2D eigenvalue weighted by molar-refractivity contribution is 6.35. The zero-order chi connectivity index (χ0) is 13.9. The number of hydrogen-bond donors (Lipinski definition) is 2. The van der Waals surface area contributed by atoms with E-state index in [0.29, 0.717) is 22.1 Å². The number of anilines is 1. The van der Waals surface area contributed by atoms with E-state index in [4.69, 9.17) is 23.2 Å². The van der Waals surface area contributed by atoms with Crippen molar-refractivity contribution in [3.8, 4) is 0 Å². The molecule has 4 heteroatoms. The molecule has 1 aliphatic carbocycles. The van der Waals surface area contributed by atoms with Crippen molar-refractivity contribution in [1.82, 2.24) is 5.32 Å². The van der Waals surface area contributed by atoms with Crippen LogP contribution in [0.4, 0.5) is 5.69 Å². The Balaban J connectivity index is 1.68. The van der Waals surface area contributed by atoms with Crippen LogP contribution in [-0.2, 0) is 0 Å². The smallest absolute Gasteiger partial charge is 0.0441 e. The van der Waals surface area contributed by atoms with Crippen LogP contribution in [0.15, 0.2) is 18.2 Å². The van der Waals surface area contributed by atoms with Crippen LogP contribution in [0.5, 0.6) is 0 Å². The maximum Gasteiger partial charge on any atom is 0.0441 e. The van der Waals surface area contributed by atoms with E-state index < -0.39 is 0 Å². The minimum absolute atomic E-state index is 0.542. The second kappa shape index (κ2) is 6.55. The Morgan fingerprint density at radius 2 is 1.75 bits per heavy atom. The van der Waals surface area contributed by atoms with Crippen LogP contribution in [0.3, 0.4) is 0 Å². The summed E-state index contributed by atoms with van der Waals surface area (Å²) in [5, 5.41) is 8.77. The second-order valence-electron chi connectivity index (χ2n) is 6.06. The van der Waals surface area contributed by atoms with Gasteiger partial charge in [0.25, 0.3) is 0 Å². The molecule has 20 heavy (non-hydrogen) atoms. The quantitative estimate of drug-likeness (QED) is 0.844. The molecule has 3 rings (SSSR count). The van der Waals surface area contributed by atoms with E-state index in [9.17, 15) is 0 Å². The van der Waals surface area contributed by atoms with Crippen molar-refractivity contribution < 1.29 is 0 Å². The van der Waals surface area contributed by atoms with Gasteiger partial charge in [0.05, 0.1) is 0 Å². The lowest BCUT2D eigenvalue weighted by molar-refractivity contribution is 0.286. The van der Waals surface area contributed by atoms with Crippen LogP contribution in [0, 0.1) is 5.92 Å². The van der Waals surface area contributed by atoms with Crippen LogP contribution < -0.4 is 10.6 Å². The summed E-state index contributed by atoms with van der Waals surface area (Å²) in [4.78, 5) is 0. The highest BCUT2D eigenvalue weighted by Gasteiger charge is 2.34. The lowest BCUT2D eigenvalue weighted by Crippen LogP contribution is -2.44. The molecule has 1 aromatic carbocycles. The molecule has 1 saturated carbocycles. The Morgan fingerprint density at radius 3 is 2.45 bits per heavy atom. The number of benzene rings is 1. The van der Waals surface area contributed by atoms with Gasteiger partial charge in [-0.2, -0.15) is 0 Å². The topological polar surface area (TPSA) is 24.1 Å². The van der Waals surface area contributed by atoms with Gasteiger partial charge in [0.2, 0.25) is 0 Å². The highest BCUT2D eigenvalue weighted by Crippen LogP contribution is 2.34. The van der Waals surface area contributed by atoms with Crippen molar-refractivity contribution in [2.75, 3.05) is 11.9 Å². The normalized spacial score (nSPS) is 30.4. The summed E-state index contributed by atoms with van der Waals surface area (Å²) in [5.41, 5.74) is 1.05. The Kier molecular flexibility index (Phi) is 4.75. The highest BCUT2D eigenvalue weighted by atomic mass is 35.5. The van der Waals surface area contributed by atoms with Gasteiger partial charge in [-0.25, -0.2) is 0 Å². The number of halogens is 2. The average molecular weight is 313 g/mol. The van der Waals surface area contributed by atoms with Gasteiger partial charge < -0.3 is 10.6 Å². The Bertz CT molecular complexity index is 438. The third kappa shape index (κ3) is 3.41. The molecular formula is C16H22Cl2N2. The molecule has 1 saturated heterocycles. The van der Waals surface area contributed by atoms with E-state index in [-0.39, 0.29) is 0 Å². The first kappa shape index (κ1) is 14.5. The van der Waals surface area contributed by atoms with Gasteiger partial charge >= 0.3 is 0 Å². The Morgan fingerprint density at radius 1 is 0.950 bits per heavy atom. The van der Waals surface area contributed by atoms with E-state index >= 15 is 0 Å². The van der Waals surface area contributed by atoms with E-state index in [1.807, 2.05) is 12.1 Å². The molecule has 0 bridgehead atoms. The minimum Gasteiger partial charge on any atom is -0.382 e. The molecule has 2 N–H and O–H groups in total. The van der Waals surface area contributed by atoms with Gasteiger partial charge in [0.15, 0.2) is 0 Å². The number of hydrogen-bond acceptors (Lipinski definition) is 2. The maximum absolute atomic E-state index is 6.08. The zero-order valence-electron chi connectivity index (χ0n) is 11.7. The molecule has 110 valence electrons. The summed E-state index contributed by atoms with van der Waals surface area (Å²) in [7, 11) is 0. The van der Waals surface area contributed by atoms with E-state index in [1.54, 1.807) is 6.07 Å². The van der Waals surface area contributed by atoms with Gasteiger partial charge in [-0.3, -0.25) is 0 Å². The van der Waals surface area contributed by atoms with E-state index in [0.717, 1.165) is 11.6 Å². The lowest BCUT2D eigenvalue weighted by atomic mass is 9.88. The summed E-state index contributed by atoms with van der Waals surface area (Å²) < 4.78 is 0. The van der Waals surface area contributed by atoms with E-state index in [2.05, 4.69) is 10.6 Å². The molecule has 1 heterocycles. The SMILES string of the molecule is Clc1cc(Cl)cc(NC2CCCC2C2CCCCN2)c1. The first-order valence-corrected chi connectivity index (χ1v) is 8.44. The first-order chi connectivity index (χ1) is 9.72. The van der Waals surface area contributed by atoms with Crippen molar-refractivity contribution >= 4 is 28.9 Å². The second-order valence-corrected chi connectivity index (χ2v) is 6.93. The molecule has 2 aliphatic rings. The molecule has 0 amide bonds. The predicted octanol–water partition coefficient (Wildman–Crippen LogP) is 4.72. The summed E-state index contributed by atoms with van der Waals surface area (Å²) >= 11 is 12.2. The fourth-order valence-electron chi connectivity index (χ4n) is 3.75. The van der Waals surface area contributed by atoms with Crippen molar-refractivity contribution in [2.45, 2.75) is 50.6 Å². The third-order valence-electron chi connectivity index (χ3n) is 4.65. The molecule has 0 spiro atoms. The third-order valence-corrected chi connectivity index (χ3v) is 5.09. The van der Waals surface area contributed by atoms with Crippen molar-refractivity contribution in [3.05, 3.63) is 28.2 Å². The predicted molar refractivity (Wildman–Crippen MR) is 86.9 cm³/mol. The molecule has 1 aliphatic heterocycles. The van der Waals surface area contributed by atoms with Gasteiger partial charge in [-0.15, -0.1) is 0 Å². The monoisotopic (exact) mass is 312 g/mol. The minimum atomic E-state index is 0.542. The largest absolute Gasteiger partial charge is 0.382 e. The summed E-state index contributed by atoms with van der Waals surface area (Å²) in [6.45, 7) is 1.18. The van der Waals surface area contributed by atoms with Crippen LogP contribution >= 0.6 is 23.2 Å². The molecule has 3 unspecified atom stereocenters. The van der Waals surface area contributed by atoms with Crippen LogP contribution in [0.25, 0.3) is 0 Å². The average Bonchev–Trinajstić information content (AvgIpc) is 2.86. The van der Waals surface area contributed by atoms with E-state index in [1.165, 1.54) is 45.1 Å². The number of nitrogens with one attached hydrogen (secondary N) is 2. The standard InChI is InChI=1S/C16H22Cl2N2/c17-11-8-12(18)10-13(9-11)20-16-6-3-4-14(16)15-5-1-2-7-19-15/h8-10,14-16,19-20H,1-7H2. The van der Waals surface area contributed by atoms with Crippen LogP contribution in [0.2, 0.25) is 10.0 Å². The van der Waals surface area contributed by atoms with Gasteiger partial charge in [-0.05, 0) is 56.3 Å². The Hall–Kier alpha value is -0.440. The van der Waals surface area contributed by atoms with Gasteiger partial charge in [-0.1, -0.05) is 36.0 Å². The molecule has 1 aromatic rings. The number of rotatable bonds is 3. The first-order valence-electron chi connectivity index (χ1n) is 7.68. The maximum atomic E-state index is 6.08. The summed E-state index contributed by atoms with van der Waals surface area (Å²) in [5.74, 6) is 0.730. The molecule has 0 aromatic heterocycles. The molecule has 0 radical (unpaired) electrons. The van der Waals surface area contributed by atoms with Crippen molar-refractivity contribution in [3.63, 3.8) is 0 Å². The molecule has 3 atom stereocenters. The van der Waals surface area contributed by atoms with Crippen molar-refractivity contribution in [2.24, 2.45) is 5.92 Å². The van der Waals surface area contributed by atoms with Crippen LogP contribution in [0.1, 0.15) is 38.5 Å². The fraction of sp³-hybridized carbons (Fsp3) is 0.625. The lowest BCUT2D eigenvalue weighted by Gasteiger charge is -2.33. The fourth-order valence-corrected chi connectivity index (χ4v) is 4.27. The molecule has 2 nitrogen and oxygen atoms in total. The number of piperidine rings is 1. The zero-order valence-corrected chi connectivity index (χ0v) is 13.2. The summed E-state index contributed by atoms with van der Waals surface area (Å²) in [6, 6.07) is 6.94. The van der Waals surface area contributed by atoms with Gasteiger partial charge in [0, 0.05) is 27.8 Å². The van der Waals surface area contributed by atoms with Crippen molar-refractivity contribution in [1.29, 1.82) is 0 Å².